The third-order valence-electron chi connectivity index (χ3n) is 3.69. The minimum atomic E-state index is 0.591. The van der Waals surface area contributed by atoms with Gasteiger partial charge in [0.05, 0.1) is 10.7 Å². The van der Waals surface area contributed by atoms with Crippen LogP contribution < -0.4 is 5.32 Å². The monoisotopic (exact) mass is 311 g/mol. The van der Waals surface area contributed by atoms with Crippen LogP contribution in [0.1, 0.15) is 53.2 Å². The number of hydrogen-bond acceptors (Lipinski definition) is 3. The van der Waals surface area contributed by atoms with Crippen LogP contribution in [0.15, 0.2) is 12.1 Å². The van der Waals surface area contributed by atoms with Gasteiger partial charge in [0, 0.05) is 25.7 Å². The molecule has 0 saturated carbocycles. The molecule has 1 rings (SSSR count). The van der Waals surface area contributed by atoms with Crippen molar-refractivity contribution in [2.24, 2.45) is 5.92 Å². The van der Waals surface area contributed by atoms with Crippen LogP contribution in [-0.4, -0.2) is 29.0 Å². The van der Waals surface area contributed by atoms with E-state index in [1.165, 1.54) is 0 Å². The van der Waals surface area contributed by atoms with Gasteiger partial charge in [-0.2, -0.15) is 0 Å². The van der Waals surface area contributed by atoms with Crippen LogP contribution >= 0.6 is 11.6 Å². The third kappa shape index (κ3) is 5.84. The Labute approximate surface area is 135 Å². The molecular formula is C17H30ClN3. The molecular weight excluding hydrogens is 282 g/mol. The van der Waals surface area contributed by atoms with E-state index in [4.69, 9.17) is 11.6 Å². The molecule has 120 valence electrons. The Hall–Kier alpha value is -0.800. The van der Waals surface area contributed by atoms with Crippen LogP contribution in [0.5, 0.6) is 0 Å². The predicted molar refractivity (Wildman–Crippen MR) is 93.0 cm³/mol. The Morgan fingerprint density at radius 1 is 1.19 bits per heavy atom. The molecule has 1 aromatic heterocycles. The van der Waals surface area contributed by atoms with Crippen LogP contribution in [0.4, 0.5) is 5.82 Å². The number of nitrogens with one attached hydrogen (secondary N) is 1. The average Bonchev–Trinajstić information content (AvgIpc) is 2.43. The third-order valence-corrected chi connectivity index (χ3v) is 4.03. The van der Waals surface area contributed by atoms with Crippen molar-refractivity contribution < 1.29 is 0 Å². The summed E-state index contributed by atoms with van der Waals surface area (Å²) in [5, 5.41) is 4.02. The van der Waals surface area contributed by atoms with E-state index in [-0.39, 0.29) is 0 Å². The number of pyridine rings is 1. The molecule has 3 nitrogen and oxygen atoms in total. The molecule has 0 atom stereocenters. The minimum Gasteiger partial charge on any atom is -0.370 e. The summed E-state index contributed by atoms with van der Waals surface area (Å²) in [6.07, 6.45) is 2.32. The van der Waals surface area contributed by atoms with E-state index in [1.807, 2.05) is 12.1 Å². The molecule has 1 N–H and O–H groups in total. The van der Waals surface area contributed by atoms with Crippen molar-refractivity contribution in [3.8, 4) is 0 Å². The van der Waals surface area contributed by atoms with Crippen molar-refractivity contribution in [2.75, 3.05) is 18.4 Å². The van der Waals surface area contributed by atoms with Gasteiger partial charge in [0.25, 0.3) is 0 Å². The Bertz CT molecular complexity index is 416. The summed E-state index contributed by atoms with van der Waals surface area (Å²) >= 11 is 6.35. The first kappa shape index (κ1) is 18.2. The Morgan fingerprint density at radius 3 is 2.38 bits per heavy atom. The van der Waals surface area contributed by atoms with Crippen molar-refractivity contribution in [1.82, 2.24) is 9.88 Å². The molecule has 0 bridgehead atoms. The molecule has 0 aliphatic carbocycles. The standard InChI is InChI=1S/C17H30ClN3/c1-6-14(7-2)21(11-13(4)5)12-16-15(18)9-10-17(20-16)19-8-3/h9-10,13-14H,6-8,11-12H2,1-5H3,(H,19,20). The molecule has 4 heteroatoms. The molecule has 0 fully saturated rings. The maximum atomic E-state index is 6.35. The largest absolute Gasteiger partial charge is 0.370 e. The molecule has 1 aromatic rings. The fraction of sp³-hybridized carbons (Fsp3) is 0.706. The van der Waals surface area contributed by atoms with Gasteiger partial charge in [-0.1, -0.05) is 39.3 Å². The summed E-state index contributed by atoms with van der Waals surface area (Å²) in [4.78, 5) is 7.20. The molecule has 0 aliphatic rings. The SMILES string of the molecule is CCNc1ccc(Cl)c(CN(CC(C)C)C(CC)CC)n1. The van der Waals surface area contributed by atoms with Gasteiger partial charge in [0.15, 0.2) is 0 Å². The smallest absolute Gasteiger partial charge is 0.126 e. The van der Waals surface area contributed by atoms with E-state index >= 15 is 0 Å². The van der Waals surface area contributed by atoms with Gasteiger partial charge in [-0.05, 0) is 37.8 Å². The number of hydrogen-bond donors (Lipinski definition) is 1. The second-order valence-electron chi connectivity index (χ2n) is 5.95. The number of aromatic nitrogens is 1. The Morgan fingerprint density at radius 2 is 1.86 bits per heavy atom. The van der Waals surface area contributed by atoms with Gasteiger partial charge in [-0.15, -0.1) is 0 Å². The summed E-state index contributed by atoms with van der Waals surface area (Å²) in [6.45, 7) is 13.9. The van der Waals surface area contributed by atoms with Crippen LogP contribution in [-0.2, 0) is 6.54 Å². The van der Waals surface area contributed by atoms with E-state index in [1.54, 1.807) is 0 Å². The van der Waals surface area contributed by atoms with Crippen LogP contribution in [0, 0.1) is 5.92 Å². The number of rotatable bonds is 9. The number of nitrogens with zero attached hydrogens (tertiary/aromatic N) is 2. The number of halogens is 1. The highest BCUT2D eigenvalue weighted by atomic mass is 35.5. The fourth-order valence-corrected chi connectivity index (χ4v) is 2.85. The highest BCUT2D eigenvalue weighted by Crippen LogP contribution is 2.21. The first-order chi connectivity index (χ1) is 10.0. The molecule has 21 heavy (non-hydrogen) atoms. The predicted octanol–water partition coefficient (Wildman–Crippen LogP) is 4.81. The molecule has 0 radical (unpaired) electrons. The van der Waals surface area contributed by atoms with E-state index in [2.05, 4.69) is 49.8 Å². The first-order valence-electron chi connectivity index (χ1n) is 8.15. The highest BCUT2D eigenvalue weighted by Gasteiger charge is 2.18. The van der Waals surface area contributed by atoms with Crippen LogP contribution in [0.3, 0.4) is 0 Å². The summed E-state index contributed by atoms with van der Waals surface area (Å²) in [7, 11) is 0. The Kier molecular flexibility index (Phi) is 8.05. The normalized spacial score (nSPS) is 11.7. The minimum absolute atomic E-state index is 0.591. The zero-order valence-electron chi connectivity index (χ0n) is 14.1. The summed E-state index contributed by atoms with van der Waals surface area (Å²) in [5.74, 6) is 1.55. The lowest BCUT2D eigenvalue weighted by molar-refractivity contribution is 0.155. The fourth-order valence-electron chi connectivity index (χ4n) is 2.68. The topological polar surface area (TPSA) is 28.2 Å². The molecule has 0 aliphatic heterocycles. The van der Waals surface area contributed by atoms with Gasteiger partial charge < -0.3 is 5.32 Å². The second-order valence-corrected chi connectivity index (χ2v) is 6.36. The summed E-state index contributed by atoms with van der Waals surface area (Å²) < 4.78 is 0. The van der Waals surface area contributed by atoms with Crippen molar-refractivity contribution in [3.05, 3.63) is 22.8 Å². The number of anilines is 1. The average molecular weight is 312 g/mol. The van der Waals surface area contributed by atoms with Crippen molar-refractivity contribution in [2.45, 2.75) is 60.0 Å². The molecule has 0 unspecified atom stereocenters. The van der Waals surface area contributed by atoms with Crippen molar-refractivity contribution in [3.63, 3.8) is 0 Å². The van der Waals surface area contributed by atoms with Crippen molar-refractivity contribution >= 4 is 17.4 Å². The second kappa shape index (κ2) is 9.26. The van der Waals surface area contributed by atoms with Crippen LogP contribution in [0.25, 0.3) is 0 Å². The highest BCUT2D eigenvalue weighted by molar-refractivity contribution is 6.31. The van der Waals surface area contributed by atoms with Gasteiger partial charge in [-0.3, -0.25) is 4.90 Å². The van der Waals surface area contributed by atoms with Gasteiger partial charge in [0.2, 0.25) is 0 Å². The molecule has 1 heterocycles. The quantitative estimate of drug-likeness (QED) is 0.709. The Balaban J connectivity index is 2.93. The summed E-state index contributed by atoms with van der Waals surface area (Å²) in [5.41, 5.74) is 0.975. The van der Waals surface area contributed by atoms with Crippen LogP contribution in [0.2, 0.25) is 5.02 Å². The van der Waals surface area contributed by atoms with Crippen molar-refractivity contribution in [1.29, 1.82) is 0 Å². The lowest BCUT2D eigenvalue weighted by Gasteiger charge is -2.32. The lowest BCUT2D eigenvalue weighted by Crippen LogP contribution is -2.37. The first-order valence-corrected chi connectivity index (χ1v) is 8.52. The van der Waals surface area contributed by atoms with E-state index in [0.29, 0.717) is 12.0 Å². The lowest BCUT2D eigenvalue weighted by atomic mass is 10.1. The van der Waals surface area contributed by atoms with E-state index in [9.17, 15) is 0 Å². The van der Waals surface area contributed by atoms with E-state index in [0.717, 1.165) is 49.0 Å². The van der Waals surface area contributed by atoms with Gasteiger partial charge >= 0.3 is 0 Å². The maximum Gasteiger partial charge on any atom is 0.126 e. The van der Waals surface area contributed by atoms with Gasteiger partial charge in [0.1, 0.15) is 5.82 Å². The van der Waals surface area contributed by atoms with E-state index < -0.39 is 0 Å². The zero-order chi connectivity index (χ0) is 15.8. The molecule has 0 amide bonds. The maximum absolute atomic E-state index is 6.35. The summed E-state index contributed by atoms with van der Waals surface area (Å²) in [6, 6.07) is 4.48. The molecule has 0 aromatic carbocycles. The zero-order valence-corrected chi connectivity index (χ0v) is 14.9. The molecule has 0 saturated heterocycles. The molecule has 0 spiro atoms. The van der Waals surface area contributed by atoms with Gasteiger partial charge in [-0.25, -0.2) is 4.98 Å².